The zero-order valence-electron chi connectivity index (χ0n) is 24.7. The van der Waals surface area contributed by atoms with Crippen LogP contribution in [-0.2, 0) is 34.2 Å². The lowest BCUT2D eigenvalue weighted by Gasteiger charge is -2.30. The minimum Gasteiger partial charge on any atom is -0.383 e. The maximum absolute atomic E-state index is 15.4. The number of nitrogens with zero attached hydrogens (tertiary/aromatic N) is 5. The fraction of sp³-hybridized carbons (Fsp3) is 0.552. The molecule has 0 spiro atoms. The molecule has 0 radical (unpaired) electrons. The van der Waals surface area contributed by atoms with E-state index in [0.717, 1.165) is 22.7 Å². The van der Waals surface area contributed by atoms with Crippen molar-refractivity contribution in [2.45, 2.75) is 65.5 Å². The van der Waals surface area contributed by atoms with Crippen molar-refractivity contribution in [3.8, 4) is 0 Å². The number of halogens is 1. The van der Waals surface area contributed by atoms with E-state index in [1.165, 1.54) is 6.07 Å². The van der Waals surface area contributed by atoms with E-state index >= 15 is 4.39 Å². The number of nitrogens with two attached hydrogens (primary N) is 1. The van der Waals surface area contributed by atoms with Crippen LogP contribution < -0.4 is 10.6 Å². The number of carbonyl (C=O) groups excluding carboxylic acids is 1. The maximum Gasteiger partial charge on any atom is 0.271 e. The van der Waals surface area contributed by atoms with Gasteiger partial charge >= 0.3 is 0 Å². The Morgan fingerprint density at radius 1 is 1.20 bits per heavy atom. The van der Waals surface area contributed by atoms with Gasteiger partial charge in [-0.15, -0.1) is 0 Å². The first kappa shape index (κ1) is 29.4. The number of morpholine rings is 1. The minimum absolute atomic E-state index is 0.194. The van der Waals surface area contributed by atoms with Crippen molar-refractivity contribution in [2.75, 3.05) is 50.1 Å². The second-order valence-corrected chi connectivity index (χ2v) is 17.5. The quantitative estimate of drug-likeness (QED) is 0.273. The van der Waals surface area contributed by atoms with Crippen molar-refractivity contribution < 1.29 is 23.4 Å². The van der Waals surface area contributed by atoms with E-state index in [1.54, 1.807) is 24.1 Å². The molecule has 0 aliphatic carbocycles. The van der Waals surface area contributed by atoms with Gasteiger partial charge in [0.1, 0.15) is 24.1 Å². The monoisotopic (exact) mass is 584 g/mol. The Morgan fingerprint density at radius 2 is 1.93 bits per heavy atom. The summed E-state index contributed by atoms with van der Waals surface area (Å²) in [5, 5.41) is 0. The van der Waals surface area contributed by atoms with E-state index in [-0.39, 0.29) is 18.3 Å². The molecule has 1 atom stereocenters. The maximum atomic E-state index is 15.4. The highest BCUT2D eigenvalue weighted by atomic mass is 28.3. The van der Waals surface area contributed by atoms with Crippen molar-refractivity contribution >= 4 is 36.5 Å². The van der Waals surface area contributed by atoms with Crippen LogP contribution in [0.15, 0.2) is 18.3 Å². The summed E-state index contributed by atoms with van der Waals surface area (Å²) in [4.78, 5) is 27.0. The Labute approximate surface area is 241 Å². The largest absolute Gasteiger partial charge is 0.383 e. The molecule has 3 aromatic heterocycles. The molecule has 0 aromatic carbocycles. The van der Waals surface area contributed by atoms with Crippen LogP contribution in [0, 0.1) is 5.82 Å². The number of pyridine rings is 2. The predicted octanol–water partition coefficient (Wildman–Crippen LogP) is 4.56. The van der Waals surface area contributed by atoms with Gasteiger partial charge in [-0.2, -0.15) is 0 Å². The number of ether oxygens (including phenoxy) is 3. The Hall–Kier alpha value is -3.06. The fourth-order valence-corrected chi connectivity index (χ4v) is 6.23. The van der Waals surface area contributed by atoms with Crippen molar-refractivity contribution in [2.24, 2.45) is 0 Å². The van der Waals surface area contributed by atoms with Gasteiger partial charge in [0.2, 0.25) is 0 Å². The van der Waals surface area contributed by atoms with Crippen LogP contribution in [0.1, 0.15) is 47.2 Å². The number of amides is 1. The predicted molar refractivity (Wildman–Crippen MR) is 159 cm³/mol. The standard InChI is InChI=1S/C29H41FN6O4Si/c1-6-35(19(2)26-23(30)13-20(15-32-26)34-7-9-38-10-8-34)29(37)25-14-24-27(21-16-40-17-22(21)28(31)33-24)36(25)18-39-11-12-41(3,4)5/h13-15,19H,6-12,16-18H2,1-5H3,(H2,31,33). The number of nitrogen functional groups attached to an aromatic ring is 1. The summed E-state index contributed by atoms with van der Waals surface area (Å²) in [6.07, 6.45) is 1.68. The Kier molecular flexibility index (Phi) is 8.64. The molecule has 0 saturated carbocycles. The summed E-state index contributed by atoms with van der Waals surface area (Å²) < 4.78 is 34.6. The first-order valence-corrected chi connectivity index (χ1v) is 18.0. The van der Waals surface area contributed by atoms with Crippen LogP contribution in [0.25, 0.3) is 11.0 Å². The van der Waals surface area contributed by atoms with E-state index in [2.05, 4.69) is 34.5 Å². The average molecular weight is 585 g/mol. The lowest BCUT2D eigenvalue weighted by atomic mass is 10.1. The number of rotatable bonds is 10. The zero-order valence-corrected chi connectivity index (χ0v) is 25.7. The van der Waals surface area contributed by atoms with Crippen molar-refractivity contribution in [3.05, 3.63) is 46.7 Å². The van der Waals surface area contributed by atoms with Crippen LogP contribution in [0.4, 0.5) is 15.9 Å². The third-order valence-electron chi connectivity index (χ3n) is 7.90. The molecule has 1 unspecified atom stereocenters. The van der Waals surface area contributed by atoms with Crippen LogP contribution in [0.3, 0.4) is 0 Å². The van der Waals surface area contributed by atoms with Crippen LogP contribution in [0.5, 0.6) is 0 Å². The van der Waals surface area contributed by atoms with Gasteiger partial charge in [0, 0.05) is 51.5 Å². The van der Waals surface area contributed by atoms with E-state index in [0.29, 0.717) is 75.4 Å². The van der Waals surface area contributed by atoms with Crippen molar-refractivity contribution in [3.63, 3.8) is 0 Å². The van der Waals surface area contributed by atoms with Crippen LogP contribution in [-0.4, -0.2) is 72.9 Å². The fourth-order valence-electron chi connectivity index (χ4n) is 5.48. The van der Waals surface area contributed by atoms with Gasteiger partial charge < -0.3 is 34.3 Å². The molecule has 5 heterocycles. The summed E-state index contributed by atoms with van der Waals surface area (Å²) in [5.74, 6) is -0.281. The molecule has 222 valence electrons. The van der Waals surface area contributed by atoms with E-state index in [4.69, 9.17) is 19.9 Å². The molecule has 10 nitrogen and oxygen atoms in total. The molecule has 2 aliphatic heterocycles. The number of anilines is 2. The molecule has 0 bridgehead atoms. The van der Waals surface area contributed by atoms with Gasteiger partial charge in [-0.1, -0.05) is 19.6 Å². The molecule has 1 fully saturated rings. The van der Waals surface area contributed by atoms with Gasteiger partial charge in [0.05, 0.1) is 61.1 Å². The van der Waals surface area contributed by atoms with E-state index < -0.39 is 19.9 Å². The van der Waals surface area contributed by atoms with Gasteiger partial charge in [-0.25, -0.2) is 9.37 Å². The van der Waals surface area contributed by atoms with Gasteiger partial charge in [-0.3, -0.25) is 9.78 Å². The third kappa shape index (κ3) is 6.10. The zero-order chi connectivity index (χ0) is 29.3. The Balaban J connectivity index is 1.47. The first-order valence-electron chi connectivity index (χ1n) is 14.3. The Bertz CT molecular complexity index is 1420. The van der Waals surface area contributed by atoms with Crippen LogP contribution >= 0.6 is 0 Å². The van der Waals surface area contributed by atoms with Crippen LogP contribution in [0.2, 0.25) is 25.7 Å². The number of aromatic nitrogens is 3. The molecule has 2 N–H and O–H groups in total. The number of fused-ring (bicyclic) bond motifs is 3. The highest BCUT2D eigenvalue weighted by Crippen LogP contribution is 2.34. The second-order valence-electron chi connectivity index (χ2n) is 11.9. The average Bonchev–Trinajstić information content (AvgIpc) is 3.56. The Morgan fingerprint density at radius 3 is 2.61 bits per heavy atom. The molecule has 2 aliphatic rings. The molecule has 1 amide bonds. The topological polar surface area (TPSA) is 108 Å². The third-order valence-corrected chi connectivity index (χ3v) is 9.61. The summed E-state index contributed by atoms with van der Waals surface area (Å²) in [7, 11) is -1.30. The lowest BCUT2D eigenvalue weighted by Crippen LogP contribution is -2.37. The first-order chi connectivity index (χ1) is 19.6. The normalized spacial score (nSPS) is 16.3. The lowest BCUT2D eigenvalue weighted by molar-refractivity contribution is 0.0632. The molecule has 1 saturated heterocycles. The molecule has 12 heteroatoms. The number of carbonyl (C=O) groups is 1. The smallest absolute Gasteiger partial charge is 0.271 e. The summed E-state index contributed by atoms with van der Waals surface area (Å²) >= 11 is 0. The summed E-state index contributed by atoms with van der Waals surface area (Å²) in [5.41, 5.74) is 10.8. The summed E-state index contributed by atoms with van der Waals surface area (Å²) in [6, 6.07) is 3.67. The molecule has 3 aromatic rings. The van der Waals surface area contributed by atoms with Gasteiger partial charge in [0.15, 0.2) is 0 Å². The molecule has 5 rings (SSSR count). The molecular formula is C29H41FN6O4Si. The molecular weight excluding hydrogens is 543 g/mol. The highest BCUT2D eigenvalue weighted by molar-refractivity contribution is 6.76. The van der Waals surface area contributed by atoms with Gasteiger partial charge in [0.25, 0.3) is 5.91 Å². The second kappa shape index (κ2) is 12.0. The van der Waals surface area contributed by atoms with Crippen molar-refractivity contribution in [1.82, 2.24) is 19.4 Å². The highest BCUT2D eigenvalue weighted by Gasteiger charge is 2.31. The minimum atomic E-state index is -1.30. The molecule has 41 heavy (non-hydrogen) atoms. The van der Waals surface area contributed by atoms with E-state index in [9.17, 15) is 4.79 Å². The van der Waals surface area contributed by atoms with Gasteiger partial charge in [-0.05, 0) is 26.0 Å². The summed E-state index contributed by atoms with van der Waals surface area (Å²) in [6.45, 7) is 15.1. The SMILES string of the molecule is CCN(C(=O)c1cc2nc(N)c3c(c2n1COCC[Si](C)(C)C)COC3)C(C)c1ncc(N2CCOCC2)cc1F. The van der Waals surface area contributed by atoms with Crippen molar-refractivity contribution in [1.29, 1.82) is 0 Å². The number of hydrogen-bond acceptors (Lipinski definition) is 8. The van der Waals surface area contributed by atoms with E-state index in [1.807, 2.05) is 11.5 Å². The number of hydrogen-bond donors (Lipinski definition) is 1.